The van der Waals surface area contributed by atoms with Crippen molar-refractivity contribution in [3.63, 3.8) is 0 Å². The number of nitrogens with zero attached hydrogens (tertiary/aromatic N) is 2. The summed E-state index contributed by atoms with van der Waals surface area (Å²) < 4.78 is 0.323. The van der Waals surface area contributed by atoms with Crippen LogP contribution in [0.5, 0.6) is 0 Å². The molecule has 1 aliphatic carbocycles. The van der Waals surface area contributed by atoms with Crippen molar-refractivity contribution in [3.05, 3.63) is 68.7 Å². The highest BCUT2D eigenvalue weighted by Crippen LogP contribution is 2.46. The summed E-state index contributed by atoms with van der Waals surface area (Å²) in [5.74, 6) is -0.423. The van der Waals surface area contributed by atoms with E-state index in [1.807, 2.05) is 0 Å². The summed E-state index contributed by atoms with van der Waals surface area (Å²) in [6.07, 6.45) is 6.06. The molecule has 1 amide bonds. The monoisotopic (exact) mass is 374 g/mol. The summed E-state index contributed by atoms with van der Waals surface area (Å²) >= 11 is 3.30. The first-order valence-electron chi connectivity index (χ1n) is 6.72. The Morgan fingerprint density at radius 3 is 2.48 bits per heavy atom. The van der Waals surface area contributed by atoms with Gasteiger partial charge in [-0.3, -0.25) is 19.7 Å². The van der Waals surface area contributed by atoms with Gasteiger partial charge in [-0.25, -0.2) is 0 Å². The minimum atomic E-state index is -0.931. The Morgan fingerprint density at radius 1 is 1.22 bits per heavy atom. The number of carbonyl (C=O) groups excluding carboxylic acids is 2. The van der Waals surface area contributed by atoms with E-state index in [0.717, 1.165) is 0 Å². The molecule has 0 saturated carbocycles. The molecular weight excluding hydrogens is 364 g/mol. The van der Waals surface area contributed by atoms with Gasteiger partial charge in [-0.15, -0.1) is 0 Å². The molecule has 1 aliphatic heterocycles. The molecular formula is C16H11BrN2O4. The van der Waals surface area contributed by atoms with Gasteiger partial charge in [0.15, 0.2) is 5.78 Å². The van der Waals surface area contributed by atoms with Gasteiger partial charge in [0, 0.05) is 24.8 Å². The quantitative estimate of drug-likeness (QED) is 0.588. The van der Waals surface area contributed by atoms with Gasteiger partial charge in [-0.1, -0.05) is 12.1 Å². The first-order valence-corrected chi connectivity index (χ1v) is 7.52. The number of nitro benzene ring substituents is 1. The number of carbonyl (C=O) groups is 2. The summed E-state index contributed by atoms with van der Waals surface area (Å²) in [5.41, 5.74) is 0.132. The number of nitro groups is 1. The number of halogens is 1. The van der Waals surface area contributed by atoms with Crippen LogP contribution in [0.15, 0.2) is 53.1 Å². The van der Waals surface area contributed by atoms with Crippen LogP contribution in [0, 0.1) is 10.1 Å². The van der Waals surface area contributed by atoms with Crippen LogP contribution in [0.4, 0.5) is 5.69 Å². The molecule has 0 N–H and O–H groups in total. The summed E-state index contributed by atoms with van der Waals surface area (Å²) in [5, 5.41) is 11.0. The zero-order chi connectivity index (χ0) is 16.8. The maximum Gasteiger partial charge on any atom is 0.270 e. The minimum absolute atomic E-state index is 0.0627. The fourth-order valence-corrected chi connectivity index (χ4v) is 3.63. The molecule has 0 bridgehead atoms. The smallest absolute Gasteiger partial charge is 0.270 e. The average molecular weight is 375 g/mol. The van der Waals surface area contributed by atoms with E-state index in [-0.39, 0.29) is 17.4 Å². The van der Waals surface area contributed by atoms with Crippen LogP contribution in [0.3, 0.4) is 0 Å². The molecule has 1 heterocycles. The molecule has 0 atom stereocenters. The summed E-state index contributed by atoms with van der Waals surface area (Å²) in [6, 6.07) is 6.08. The third-order valence-electron chi connectivity index (χ3n) is 4.02. The summed E-state index contributed by atoms with van der Waals surface area (Å²) in [7, 11) is 1.62. The number of non-ortho nitro benzene ring substituents is 1. The topological polar surface area (TPSA) is 80.5 Å². The van der Waals surface area contributed by atoms with Crippen molar-refractivity contribution < 1.29 is 14.5 Å². The van der Waals surface area contributed by atoms with E-state index in [0.29, 0.717) is 15.6 Å². The van der Waals surface area contributed by atoms with Crippen molar-refractivity contribution in [2.75, 3.05) is 7.05 Å². The normalized spacial score (nSPS) is 19.1. The Morgan fingerprint density at radius 2 is 1.87 bits per heavy atom. The SMILES string of the molecule is CN1C(=O)C(Br)=C(c2cccc([N+](=O)[O-])c2)C12C=CC(=O)C=C2. The predicted molar refractivity (Wildman–Crippen MR) is 87.7 cm³/mol. The molecule has 0 radical (unpaired) electrons. The second-order valence-corrected chi connectivity index (χ2v) is 6.05. The molecule has 1 spiro atoms. The molecule has 2 aliphatic rings. The van der Waals surface area contributed by atoms with Gasteiger partial charge in [-0.05, 0) is 45.8 Å². The average Bonchev–Trinajstić information content (AvgIpc) is 2.72. The van der Waals surface area contributed by atoms with Crippen molar-refractivity contribution in [2.45, 2.75) is 5.54 Å². The van der Waals surface area contributed by atoms with Crippen molar-refractivity contribution >= 4 is 38.9 Å². The van der Waals surface area contributed by atoms with Gasteiger partial charge in [0.05, 0.1) is 9.41 Å². The lowest BCUT2D eigenvalue weighted by atomic mass is 9.82. The van der Waals surface area contributed by atoms with E-state index >= 15 is 0 Å². The lowest BCUT2D eigenvalue weighted by Crippen LogP contribution is -2.43. The molecule has 7 heteroatoms. The highest BCUT2D eigenvalue weighted by Gasteiger charge is 2.47. The molecule has 1 aromatic rings. The Bertz CT molecular complexity index is 822. The third-order valence-corrected chi connectivity index (χ3v) is 4.75. The van der Waals surface area contributed by atoms with Crippen molar-refractivity contribution in [1.82, 2.24) is 4.90 Å². The highest BCUT2D eigenvalue weighted by atomic mass is 79.9. The molecule has 1 aromatic carbocycles. The second kappa shape index (κ2) is 5.27. The first kappa shape index (κ1) is 15.4. The van der Waals surface area contributed by atoms with E-state index in [2.05, 4.69) is 15.9 Å². The molecule has 6 nitrogen and oxygen atoms in total. The zero-order valence-corrected chi connectivity index (χ0v) is 13.6. The zero-order valence-electron chi connectivity index (χ0n) is 12.0. The van der Waals surface area contributed by atoms with Gasteiger partial charge in [0.25, 0.3) is 11.6 Å². The van der Waals surface area contributed by atoms with Crippen molar-refractivity contribution in [3.8, 4) is 0 Å². The maximum atomic E-state index is 12.4. The van der Waals surface area contributed by atoms with Gasteiger partial charge in [0.2, 0.25) is 0 Å². The third kappa shape index (κ3) is 2.24. The molecule has 23 heavy (non-hydrogen) atoms. The van der Waals surface area contributed by atoms with Crippen LogP contribution in [0.2, 0.25) is 0 Å². The van der Waals surface area contributed by atoms with E-state index < -0.39 is 10.5 Å². The fraction of sp³-hybridized carbons (Fsp3) is 0.125. The number of likely N-dealkylation sites (N-methyl/N-ethyl adjacent to an activating group) is 1. The largest absolute Gasteiger partial charge is 0.324 e. The van der Waals surface area contributed by atoms with Crippen LogP contribution in [-0.2, 0) is 9.59 Å². The molecule has 0 aromatic heterocycles. The van der Waals surface area contributed by atoms with Gasteiger partial charge >= 0.3 is 0 Å². The maximum absolute atomic E-state index is 12.4. The van der Waals surface area contributed by atoms with Crippen LogP contribution in [0.25, 0.3) is 5.57 Å². The number of hydrogen-bond donors (Lipinski definition) is 0. The molecule has 116 valence electrons. The number of rotatable bonds is 2. The van der Waals surface area contributed by atoms with Crippen LogP contribution >= 0.6 is 15.9 Å². The van der Waals surface area contributed by atoms with E-state index in [4.69, 9.17) is 0 Å². The number of amides is 1. The number of benzene rings is 1. The van der Waals surface area contributed by atoms with E-state index in [9.17, 15) is 19.7 Å². The van der Waals surface area contributed by atoms with Gasteiger partial charge < -0.3 is 4.90 Å². The van der Waals surface area contributed by atoms with Crippen molar-refractivity contribution in [1.29, 1.82) is 0 Å². The lowest BCUT2D eigenvalue weighted by molar-refractivity contribution is -0.384. The molecule has 0 fully saturated rings. The standard InChI is InChI=1S/C16H11BrN2O4/c1-18-15(21)14(17)13(16(18)7-5-12(20)6-8-16)10-3-2-4-11(9-10)19(22)23/h2-9H,1H3. The van der Waals surface area contributed by atoms with Crippen LogP contribution < -0.4 is 0 Å². The van der Waals surface area contributed by atoms with Crippen LogP contribution in [-0.4, -0.2) is 34.1 Å². The number of ketones is 1. The van der Waals surface area contributed by atoms with Crippen LogP contribution in [0.1, 0.15) is 5.56 Å². The Labute approximate surface area is 140 Å². The fourth-order valence-electron chi connectivity index (χ4n) is 2.82. The minimum Gasteiger partial charge on any atom is -0.324 e. The van der Waals surface area contributed by atoms with E-state index in [1.54, 1.807) is 31.3 Å². The summed E-state index contributed by atoms with van der Waals surface area (Å²) in [6.45, 7) is 0. The first-order chi connectivity index (χ1) is 10.9. The second-order valence-electron chi connectivity index (χ2n) is 5.25. The molecule has 3 rings (SSSR count). The molecule has 0 unspecified atom stereocenters. The molecule has 0 saturated heterocycles. The highest BCUT2D eigenvalue weighted by molar-refractivity contribution is 9.12. The van der Waals surface area contributed by atoms with E-state index in [1.165, 1.54) is 29.2 Å². The predicted octanol–water partition coefficient (Wildman–Crippen LogP) is 2.61. The lowest BCUT2D eigenvalue weighted by Gasteiger charge is -2.34. The number of allylic oxidation sites excluding steroid dienone is 2. The Hall–Kier alpha value is -2.54. The van der Waals surface area contributed by atoms with Crippen molar-refractivity contribution in [2.24, 2.45) is 0 Å². The van der Waals surface area contributed by atoms with Gasteiger partial charge in [-0.2, -0.15) is 0 Å². The summed E-state index contributed by atoms with van der Waals surface area (Å²) in [4.78, 5) is 35.9. The Kier molecular flexibility index (Phi) is 3.52. The van der Waals surface area contributed by atoms with Gasteiger partial charge in [0.1, 0.15) is 5.54 Å². The Balaban J connectivity index is 2.23. The number of hydrogen-bond acceptors (Lipinski definition) is 4.